The number of anilines is 1. The zero-order chi connectivity index (χ0) is 23.1. The van der Waals surface area contributed by atoms with E-state index in [0.29, 0.717) is 6.08 Å². The van der Waals surface area contributed by atoms with Crippen LogP contribution in [-0.2, 0) is 20.9 Å². The fourth-order valence-corrected chi connectivity index (χ4v) is 2.89. The summed E-state index contributed by atoms with van der Waals surface area (Å²) >= 11 is 0. The van der Waals surface area contributed by atoms with E-state index in [4.69, 9.17) is 4.74 Å². The van der Waals surface area contributed by atoms with E-state index in [9.17, 15) is 44.8 Å². The van der Waals surface area contributed by atoms with E-state index in [1.165, 1.54) is 13.8 Å². The van der Waals surface area contributed by atoms with Gasteiger partial charge in [-0.25, -0.2) is 4.39 Å². The number of carbonyl (C=O) groups is 2. The Labute approximate surface area is 165 Å². The number of benzene rings is 1. The second-order valence-corrected chi connectivity index (χ2v) is 7.20. The molecule has 0 spiro atoms. The summed E-state index contributed by atoms with van der Waals surface area (Å²) in [4.78, 5) is 22.9. The quantitative estimate of drug-likeness (QED) is 0.356. The highest BCUT2D eigenvalue weighted by atomic mass is 19.4. The summed E-state index contributed by atoms with van der Waals surface area (Å²) < 4.78 is 105. The molecule has 30 heavy (non-hydrogen) atoms. The number of carbonyl (C=O) groups excluding carboxylic acids is 2. The van der Waals surface area contributed by atoms with E-state index in [1.54, 1.807) is 0 Å². The van der Waals surface area contributed by atoms with Crippen LogP contribution in [0.1, 0.15) is 19.4 Å². The van der Waals surface area contributed by atoms with Crippen LogP contribution in [0.5, 0.6) is 0 Å². The van der Waals surface area contributed by atoms with Crippen molar-refractivity contribution in [2.75, 3.05) is 5.12 Å². The smallest absolute Gasteiger partial charge is 0.461 e. The molecule has 12 heteroatoms. The highest BCUT2D eigenvalue weighted by molar-refractivity contribution is 5.95. The summed E-state index contributed by atoms with van der Waals surface area (Å²) in [6.07, 6.45) is -10.2. The zero-order valence-corrected chi connectivity index (χ0v) is 15.4. The van der Waals surface area contributed by atoms with Crippen LogP contribution in [-0.4, -0.2) is 24.2 Å². The predicted octanol–water partition coefficient (Wildman–Crippen LogP) is 5.20. The minimum absolute atomic E-state index is 0.215. The molecule has 0 aliphatic heterocycles. The third kappa shape index (κ3) is 5.08. The monoisotopic (exact) mass is 445 g/mol. The summed E-state index contributed by atoms with van der Waals surface area (Å²) in [6.45, 7) is 2.52. The number of rotatable bonds is 5. The van der Waals surface area contributed by atoms with Gasteiger partial charge in [-0.05, 0) is 35.1 Å². The number of hydrogen-bond acceptors (Lipinski definition) is 3. The largest absolute Gasteiger partial charge is 0.474 e. The van der Waals surface area contributed by atoms with Crippen molar-refractivity contribution in [3.8, 4) is 0 Å². The molecule has 0 saturated heterocycles. The molecular formula is C18H15F8NO3. The van der Waals surface area contributed by atoms with Crippen molar-refractivity contribution in [1.82, 2.24) is 0 Å². The molecule has 0 heterocycles. The first kappa shape index (κ1) is 23.6. The van der Waals surface area contributed by atoms with Gasteiger partial charge in [0.2, 0.25) is 0 Å². The van der Waals surface area contributed by atoms with Gasteiger partial charge in [0.05, 0.1) is 11.6 Å². The Morgan fingerprint density at radius 2 is 1.60 bits per heavy atom. The molecule has 1 amide bonds. The van der Waals surface area contributed by atoms with Gasteiger partial charge in [-0.15, -0.1) is 5.12 Å². The van der Waals surface area contributed by atoms with Gasteiger partial charge in [0.25, 0.3) is 0 Å². The number of alkyl halides is 6. The second-order valence-electron chi connectivity index (χ2n) is 7.20. The number of hydrogen-bond donors (Lipinski definition) is 0. The molecule has 0 aromatic heterocycles. The number of esters is 1. The van der Waals surface area contributed by atoms with Gasteiger partial charge in [0.15, 0.2) is 5.83 Å². The van der Waals surface area contributed by atoms with Crippen LogP contribution < -0.4 is 5.12 Å². The maximum absolute atomic E-state index is 13.5. The molecule has 1 saturated carbocycles. The van der Waals surface area contributed by atoms with Gasteiger partial charge in [-0.1, -0.05) is 30.5 Å². The van der Waals surface area contributed by atoms with Gasteiger partial charge >= 0.3 is 24.2 Å². The Balaban J connectivity index is 1.98. The molecular weight excluding hydrogens is 430 g/mol. The number of allylic oxidation sites excluding steroid dienone is 2. The predicted molar refractivity (Wildman–Crippen MR) is 86.9 cm³/mol. The topological polar surface area (TPSA) is 46.6 Å². The Hall–Kier alpha value is -2.66. The molecule has 0 radical (unpaired) electrons. The number of ether oxygens (including phenoxy) is 1. The van der Waals surface area contributed by atoms with Crippen molar-refractivity contribution in [2.45, 2.75) is 32.8 Å². The lowest BCUT2D eigenvalue weighted by Gasteiger charge is -2.14. The van der Waals surface area contributed by atoms with Crippen LogP contribution in [0.25, 0.3) is 0 Å². The Kier molecular flexibility index (Phi) is 6.20. The third-order valence-electron chi connectivity index (χ3n) is 4.73. The molecule has 1 aromatic carbocycles. The Bertz CT molecular complexity index is 842. The maximum atomic E-state index is 13.5. The number of halogens is 8. The van der Waals surface area contributed by atoms with Crippen LogP contribution in [0.15, 0.2) is 36.2 Å². The molecule has 2 unspecified atom stereocenters. The van der Waals surface area contributed by atoms with Gasteiger partial charge in [0, 0.05) is 0 Å². The van der Waals surface area contributed by atoms with Crippen molar-refractivity contribution >= 4 is 17.6 Å². The van der Waals surface area contributed by atoms with E-state index in [1.807, 2.05) is 0 Å². The third-order valence-corrected chi connectivity index (χ3v) is 4.73. The average Bonchev–Trinajstić information content (AvgIpc) is 3.17. The molecule has 1 aliphatic rings. The van der Waals surface area contributed by atoms with E-state index >= 15 is 0 Å². The first-order valence-electron chi connectivity index (χ1n) is 8.34. The Morgan fingerprint density at radius 1 is 1.07 bits per heavy atom. The van der Waals surface area contributed by atoms with E-state index in [-0.39, 0.29) is 5.56 Å². The maximum Gasteiger partial charge on any atom is 0.474 e. The molecule has 0 N–H and O–H groups in total. The van der Waals surface area contributed by atoms with Crippen LogP contribution in [0.4, 0.5) is 40.9 Å². The number of nitrogens with zero attached hydrogens (tertiary/aromatic N) is 1. The van der Waals surface area contributed by atoms with Crippen molar-refractivity contribution in [2.24, 2.45) is 17.3 Å². The average molecular weight is 445 g/mol. The summed E-state index contributed by atoms with van der Waals surface area (Å²) in [5.74, 6) is -7.96. The molecule has 1 aromatic rings. The Morgan fingerprint density at radius 3 is 2.07 bits per heavy atom. The highest BCUT2D eigenvalue weighted by Crippen LogP contribution is 2.60. The van der Waals surface area contributed by atoms with Crippen molar-refractivity contribution in [3.63, 3.8) is 0 Å². The number of amides is 1. The molecule has 2 atom stereocenters. The zero-order valence-electron chi connectivity index (χ0n) is 15.4. The van der Waals surface area contributed by atoms with Gasteiger partial charge in [-0.2, -0.15) is 26.3 Å². The first-order chi connectivity index (χ1) is 13.6. The second kappa shape index (κ2) is 7.88. The summed E-state index contributed by atoms with van der Waals surface area (Å²) in [6, 6.07) is 3.88. The van der Waals surface area contributed by atoms with Crippen molar-refractivity contribution in [3.05, 3.63) is 41.7 Å². The van der Waals surface area contributed by atoms with E-state index < -0.39 is 64.7 Å². The van der Waals surface area contributed by atoms with Crippen LogP contribution in [0.3, 0.4) is 0 Å². The van der Waals surface area contributed by atoms with Gasteiger partial charge in [-0.3, -0.25) is 9.59 Å². The van der Waals surface area contributed by atoms with Crippen LogP contribution in [0, 0.1) is 17.3 Å². The van der Waals surface area contributed by atoms with Gasteiger partial charge in [0.1, 0.15) is 6.61 Å². The van der Waals surface area contributed by atoms with Crippen molar-refractivity contribution in [1.29, 1.82) is 0 Å². The minimum Gasteiger partial charge on any atom is -0.461 e. The molecule has 1 fully saturated rings. The van der Waals surface area contributed by atoms with E-state index in [2.05, 4.69) is 0 Å². The molecule has 0 bridgehead atoms. The fourth-order valence-electron chi connectivity index (χ4n) is 2.89. The van der Waals surface area contributed by atoms with Crippen molar-refractivity contribution < 1.29 is 49.5 Å². The molecule has 166 valence electrons. The minimum atomic E-state index is -5.41. The van der Waals surface area contributed by atoms with Crippen LogP contribution >= 0.6 is 0 Å². The fraction of sp³-hybridized carbons (Fsp3) is 0.444. The molecule has 2 rings (SSSR count). The summed E-state index contributed by atoms with van der Waals surface area (Å²) in [5, 5.41) is -1.09. The SMILES string of the molecule is CC1(C)C(C=C(F)C(F)(F)F)C1C(=O)OCc1ccc(N(F)C(=O)C(F)(F)F)cc1. The lowest BCUT2D eigenvalue weighted by molar-refractivity contribution is -0.173. The lowest BCUT2D eigenvalue weighted by Crippen LogP contribution is -2.35. The molecule has 1 aliphatic carbocycles. The summed E-state index contributed by atoms with van der Waals surface area (Å²) in [7, 11) is 0. The standard InChI is InChI=1S/C18H15F8NO3/c1-16(2)11(7-12(19)17(20,21)22)13(16)14(28)30-8-9-3-5-10(6-4-9)27(26)15(29)18(23,24)25/h3-7,11,13H,8H2,1-2H3. The lowest BCUT2D eigenvalue weighted by atomic mass is 10.1. The highest BCUT2D eigenvalue weighted by Gasteiger charge is 2.62. The summed E-state index contributed by atoms with van der Waals surface area (Å²) in [5.41, 5.74) is -1.45. The normalized spacial score (nSPS) is 21.2. The van der Waals surface area contributed by atoms with Crippen LogP contribution in [0.2, 0.25) is 0 Å². The molecule has 4 nitrogen and oxygen atoms in total. The van der Waals surface area contributed by atoms with E-state index in [0.717, 1.165) is 24.3 Å². The first-order valence-corrected chi connectivity index (χ1v) is 8.34. The van der Waals surface area contributed by atoms with Gasteiger partial charge < -0.3 is 4.74 Å².